The van der Waals surface area contributed by atoms with Crippen molar-refractivity contribution in [1.82, 2.24) is 10.2 Å². The first-order chi connectivity index (χ1) is 9.42. The van der Waals surface area contributed by atoms with E-state index in [0.29, 0.717) is 6.54 Å². The third kappa shape index (κ3) is 4.32. The van der Waals surface area contributed by atoms with E-state index in [1.807, 2.05) is 30.3 Å². The molecule has 1 aromatic carbocycles. The van der Waals surface area contributed by atoms with Gasteiger partial charge in [0.25, 0.3) is 0 Å². The summed E-state index contributed by atoms with van der Waals surface area (Å²) in [6.45, 7) is 11.0. The first-order valence-electron chi connectivity index (χ1n) is 7.25. The lowest BCUT2D eigenvalue weighted by molar-refractivity contribution is -0.123. The Morgan fingerprint density at radius 1 is 1.25 bits per heavy atom. The third-order valence-corrected chi connectivity index (χ3v) is 3.76. The molecule has 0 aromatic heterocycles. The van der Waals surface area contributed by atoms with Gasteiger partial charge in [0, 0.05) is 12.1 Å². The van der Waals surface area contributed by atoms with Gasteiger partial charge in [-0.15, -0.1) is 0 Å². The van der Waals surface area contributed by atoms with Crippen LogP contribution in [0.2, 0.25) is 0 Å². The Balaban J connectivity index is 2.59. The fourth-order valence-corrected chi connectivity index (χ4v) is 2.42. The molecule has 0 fully saturated rings. The van der Waals surface area contributed by atoms with Gasteiger partial charge in [0.15, 0.2) is 0 Å². The van der Waals surface area contributed by atoms with Gasteiger partial charge in [-0.1, -0.05) is 44.2 Å². The number of carbonyl (C=O) groups is 1. The molecule has 0 spiro atoms. The van der Waals surface area contributed by atoms with E-state index in [4.69, 9.17) is 5.73 Å². The number of nitrogens with two attached hydrogens (primary N) is 1. The molecule has 0 aliphatic carbocycles. The second-order valence-electron chi connectivity index (χ2n) is 5.59. The van der Waals surface area contributed by atoms with Crippen molar-refractivity contribution in [2.45, 2.75) is 39.3 Å². The average Bonchev–Trinajstić information content (AvgIpc) is 2.46. The smallest absolute Gasteiger partial charge is 0.241 e. The van der Waals surface area contributed by atoms with Crippen LogP contribution in [0.4, 0.5) is 0 Å². The van der Waals surface area contributed by atoms with Crippen LogP contribution in [0.25, 0.3) is 0 Å². The zero-order valence-corrected chi connectivity index (χ0v) is 13.0. The highest BCUT2D eigenvalue weighted by atomic mass is 16.2. The molecule has 0 aliphatic rings. The van der Waals surface area contributed by atoms with E-state index in [1.54, 1.807) is 0 Å². The van der Waals surface area contributed by atoms with Gasteiger partial charge in [-0.3, -0.25) is 9.69 Å². The summed E-state index contributed by atoms with van der Waals surface area (Å²) < 4.78 is 0. The summed E-state index contributed by atoms with van der Waals surface area (Å²) >= 11 is 0. The lowest BCUT2D eigenvalue weighted by Gasteiger charge is -2.37. The summed E-state index contributed by atoms with van der Waals surface area (Å²) in [5.74, 6) is -0.128. The van der Waals surface area contributed by atoms with E-state index in [0.717, 1.165) is 18.7 Å². The molecule has 0 aliphatic heterocycles. The first kappa shape index (κ1) is 16.7. The van der Waals surface area contributed by atoms with Crippen molar-refractivity contribution in [3.05, 3.63) is 35.9 Å². The lowest BCUT2D eigenvalue weighted by atomic mass is 10.0. The van der Waals surface area contributed by atoms with E-state index in [-0.39, 0.29) is 11.4 Å². The maximum absolute atomic E-state index is 12.1. The number of amides is 1. The Kier molecular flexibility index (Phi) is 6.17. The van der Waals surface area contributed by atoms with Crippen LogP contribution in [-0.2, 0) is 4.79 Å². The average molecular weight is 277 g/mol. The predicted octanol–water partition coefficient (Wildman–Crippen LogP) is 1.92. The Hall–Kier alpha value is -1.39. The van der Waals surface area contributed by atoms with Crippen molar-refractivity contribution in [3.8, 4) is 0 Å². The van der Waals surface area contributed by atoms with E-state index in [9.17, 15) is 4.79 Å². The van der Waals surface area contributed by atoms with Crippen molar-refractivity contribution >= 4 is 5.91 Å². The van der Waals surface area contributed by atoms with Crippen LogP contribution >= 0.6 is 0 Å². The minimum Gasteiger partial charge on any atom is -0.353 e. The van der Waals surface area contributed by atoms with Crippen molar-refractivity contribution in [2.24, 2.45) is 5.73 Å². The molecule has 4 heteroatoms. The quantitative estimate of drug-likeness (QED) is 0.800. The van der Waals surface area contributed by atoms with Gasteiger partial charge in [0.2, 0.25) is 5.91 Å². The van der Waals surface area contributed by atoms with E-state index < -0.39 is 6.04 Å². The molecule has 112 valence electrons. The minimum absolute atomic E-state index is 0.0738. The molecule has 1 atom stereocenters. The van der Waals surface area contributed by atoms with Crippen molar-refractivity contribution in [1.29, 1.82) is 0 Å². The lowest BCUT2D eigenvalue weighted by Crippen LogP contribution is -2.52. The summed E-state index contributed by atoms with van der Waals surface area (Å²) in [6, 6.07) is 8.84. The van der Waals surface area contributed by atoms with E-state index >= 15 is 0 Å². The Morgan fingerprint density at radius 2 is 1.80 bits per heavy atom. The molecule has 0 unspecified atom stereocenters. The highest BCUT2D eigenvalue weighted by Gasteiger charge is 2.26. The summed E-state index contributed by atoms with van der Waals surface area (Å²) in [4.78, 5) is 14.5. The fourth-order valence-electron chi connectivity index (χ4n) is 2.42. The van der Waals surface area contributed by atoms with Crippen LogP contribution in [0, 0.1) is 0 Å². The van der Waals surface area contributed by atoms with E-state index in [1.165, 1.54) is 0 Å². The number of likely N-dealkylation sites (N-methyl/N-ethyl adjacent to an activating group) is 1. The van der Waals surface area contributed by atoms with Gasteiger partial charge in [-0.25, -0.2) is 0 Å². The van der Waals surface area contributed by atoms with Crippen molar-refractivity contribution < 1.29 is 4.79 Å². The van der Waals surface area contributed by atoms with Crippen LogP contribution in [0.5, 0.6) is 0 Å². The Bertz CT molecular complexity index is 413. The van der Waals surface area contributed by atoms with Crippen LogP contribution in [0.1, 0.15) is 39.3 Å². The molecule has 0 heterocycles. The van der Waals surface area contributed by atoms with Gasteiger partial charge in [-0.05, 0) is 32.5 Å². The SMILES string of the molecule is CCN(CC)C(C)(C)CNC(=O)[C@@H](N)c1ccccc1. The molecule has 0 bridgehead atoms. The molecule has 1 aromatic rings. The first-order valence-corrected chi connectivity index (χ1v) is 7.25. The highest BCUT2D eigenvalue weighted by Crippen LogP contribution is 2.14. The number of benzene rings is 1. The number of hydrogen-bond donors (Lipinski definition) is 2. The molecule has 1 rings (SSSR count). The summed E-state index contributed by atoms with van der Waals surface area (Å²) in [5.41, 5.74) is 6.75. The molecule has 0 saturated heterocycles. The van der Waals surface area contributed by atoms with E-state index in [2.05, 4.69) is 37.9 Å². The summed E-state index contributed by atoms with van der Waals surface area (Å²) in [7, 11) is 0. The van der Waals surface area contributed by atoms with Crippen molar-refractivity contribution in [3.63, 3.8) is 0 Å². The van der Waals surface area contributed by atoms with Gasteiger partial charge in [0.05, 0.1) is 0 Å². The largest absolute Gasteiger partial charge is 0.353 e. The molecule has 20 heavy (non-hydrogen) atoms. The zero-order chi connectivity index (χ0) is 15.2. The minimum atomic E-state index is -0.608. The molecular formula is C16H27N3O. The molecule has 0 radical (unpaired) electrons. The maximum Gasteiger partial charge on any atom is 0.241 e. The van der Waals surface area contributed by atoms with Crippen molar-refractivity contribution in [2.75, 3.05) is 19.6 Å². The van der Waals surface area contributed by atoms with Crippen LogP contribution < -0.4 is 11.1 Å². The fraction of sp³-hybridized carbons (Fsp3) is 0.562. The standard InChI is InChI=1S/C16H27N3O/c1-5-19(6-2)16(3,4)12-18-15(20)14(17)13-10-8-7-9-11-13/h7-11,14H,5-6,12,17H2,1-4H3,(H,18,20)/t14-/m0/s1. The summed E-state index contributed by atoms with van der Waals surface area (Å²) in [5, 5.41) is 2.96. The Morgan fingerprint density at radius 3 is 2.30 bits per heavy atom. The predicted molar refractivity (Wildman–Crippen MR) is 83.4 cm³/mol. The summed E-state index contributed by atoms with van der Waals surface area (Å²) in [6.07, 6.45) is 0. The topological polar surface area (TPSA) is 58.4 Å². The monoisotopic (exact) mass is 277 g/mol. The molecule has 3 N–H and O–H groups in total. The van der Waals surface area contributed by atoms with Gasteiger partial charge >= 0.3 is 0 Å². The Labute approximate surface area is 122 Å². The molecule has 4 nitrogen and oxygen atoms in total. The highest BCUT2D eigenvalue weighted by molar-refractivity contribution is 5.82. The number of rotatable bonds is 7. The second-order valence-corrected chi connectivity index (χ2v) is 5.59. The third-order valence-electron chi connectivity index (χ3n) is 3.76. The number of hydrogen-bond acceptors (Lipinski definition) is 3. The number of nitrogens with zero attached hydrogens (tertiary/aromatic N) is 1. The molecule has 1 amide bonds. The van der Waals surface area contributed by atoms with Gasteiger partial charge < -0.3 is 11.1 Å². The molecular weight excluding hydrogens is 250 g/mol. The normalized spacial score (nSPS) is 13.3. The number of carbonyl (C=O) groups excluding carboxylic acids is 1. The second kappa shape index (κ2) is 7.41. The zero-order valence-electron chi connectivity index (χ0n) is 13.0. The number of nitrogens with one attached hydrogen (secondary N) is 1. The van der Waals surface area contributed by atoms with Crippen LogP contribution in [0.3, 0.4) is 0 Å². The van der Waals surface area contributed by atoms with Crippen LogP contribution in [0.15, 0.2) is 30.3 Å². The molecule has 0 saturated carbocycles. The van der Waals surface area contributed by atoms with Crippen LogP contribution in [-0.4, -0.2) is 36.0 Å². The van der Waals surface area contributed by atoms with Gasteiger partial charge in [-0.2, -0.15) is 0 Å². The maximum atomic E-state index is 12.1. The van der Waals surface area contributed by atoms with Gasteiger partial charge in [0.1, 0.15) is 6.04 Å².